The molecule has 2 fully saturated rings. The van der Waals surface area contributed by atoms with Crippen LogP contribution in [0, 0.1) is 5.92 Å². The van der Waals surface area contributed by atoms with Crippen LogP contribution >= 0.6 is 11.8 Å². The summed E-state index contributed by atoms with van der Waals surface area (Å²) in [6, 6.07) is 0.425. The Morgan fingerprint density at radius 2 is 1.88 bits per heavy atom. The third kappa shape index (κ3) is 4.88. The van der Waals surface area contributed by atoms with Crippen LogP contribution in [0.25, 0.3) is 0 Å². The summed E-state index contributed by atoms with van der Waals surface area (Å²) in [6.07, 6.45) is 9.68. The Labute approximate surface area is 108 Å². The molecule has 0 bridgehead atoms. The minimum Gasteiger partial charge on any atom is -0.352 e. The molecule has 0 aromatic rings. The topological polar surface area (TPSA) is 41.1 Å². The minimum atomic E-state index is 0.179. The SMILES string of the molecule is CSC1CCC(NC(=O)CNCC2CC2)CC1. The number of rotatable bonds is 6. The average Bonchev–Trinajstić information content (AvgIpc) is 3.14. The van der Waals surface area contributed by atoms with Gasteiger partial charge in [-0.05, 0) is 57.2 Å². The molecular weight excluding hydrogens is 232 g/mol. The number of amides is 1. The number of hydrogen-bond donors (Lipinski definition) is 2. The van der Waals surface area contributed by atoms with Gasteiger partial charge in [0, 0.05) is 11.3 Å². The van der Waals surface area contributed by atoms with Crippen LogP contribution in [-0.4, -0.2) is 36.5 Å². The first-order valence-electron chi connectivity index (χ1n) is 6.81. The van der Waals surface area contributed by atoms with Crippen LogP contribution < -0.4 is 10.6 Å². The van der Waals surface area contributed by atoms with Gasteiger partial charge in [-0.25, -0.2) is 0 Å². The molecule has 0 radical (unpaired) electrons. The van der Waals surface area contributed by atoms with E-state index in [0.29, 0.717) is 12.6 Å². The van der Waals surface area contributed by atoms with E-state index in [-0.39, 0.29) is 5.91 Å². The largest absolute Gasteiger partial charge is 0.352 e. The second-order valence-corrected chi connectivity index (χ2v) is 6.49. The van der Waals surface area contributed by atoms with Crippen LogP contribution in [0.2, 0.25) is 0 Å². The fourth-order valence-electron chi connectivity index (χ4n) is 2.43. The van der Waals surface area contributed by atoms with E-state index in [1.54, 1.807) is 0 Å². The van der Waals surface area contributed by atoms with Crippen LogP contribution in [0.3, 0.4) is 0 Å². The zero-order chi connectivity index (χ0) is 12.1. The molecule has 0 atom stereocenters. The molecule has 0 saturated heterocycles. The summed E-state index contributed by atoms with van der Waals surface area (Å²) in [7, 11) is 0. The smallest absolute Gasteiger partial charge is 0.234 e. The maximum Gasteiger partial charge on any atom is 0.234 e. The fraction of sp³-hybridized carbons (Fsp3) is 0.923. The van der Waals surface area contributed by atoms with Crippen molar-refractivity contribution in [3.63, 3.8) is 0 Å². The van der Waals surface area contributed by atoms with E-state index in [1.165, 1.54) is 25.7 Å². The Bertz CT molecular complexity index is 248. The van der Waals surface area contributed by atoms with Gasteiger partial charge in [0.1, 0.15) is 0 Å². The molecule has 0 unspecified atom stereocenters. The normalized spacial score (nSPS) is 29.0. The zero-order valence-corrected chi connectivity index (χ0v) is 11.5. The fourth-order valence-corrected chi connectivity index (χ4v) is 3.18. The van der Waals surface area contributed by atoms with E-state index in [0.717, 1.165) is 30.6 Å². The monoisotopic (exact) mass is 256 g/mol. The Hall–Kier alpha value is -0.220. The van der Waals surface area contributed by atoms with Gasteiger partial charge < -0.3 is 10.6 Å². The van der Waals surface area contributed by atoms with E-state index < -0.39 is 0 Å². The first-order chi connectivity index (χ1) is 8.28. The van der Waals surface area contributed by atoms with E-state index in [2.05, 4.69) is 16.9 Å². The molecule has 4 heteroatoms. The van der Waals surface area contributed by atoms with Gasteiger partial charge in [-0.3, -0.25) is 4.79 Å². The van der Waals surface area contributed by atoms with Crippen LogP contribution in [0.15, 0.2) is 0 Å². The molecule has 0 heterocycles. The van der Waals surface area contributed by atoms with Crippen molar-refractivity contribution in [1.82, 2.24) is 10.6 Å². The van der Waals surface area contributed by atoms with E-state index in [1.807, 2.05) is 11.8 Å². The first-order valence-corrected chi connectivity index (χ1v) is 8.09. The summed E-state index contributed by atoms with van der Waals surface area (Å²) in [5, 5.41) is 7.20. The molecule has 98 valence electrons. The Morgan fingerprint density at radius 3 is 2.47 bits per heavy atom. The molecule has 1 amide bonds. The third-order valence-corrected chi connectivity index (χ3v) is 4.93. The van der Waals surface area contributed by atoms with Gasteiger partial charge in [0.05, 0.1) is 6.54 Å². The lowest BCUT2D eigenvalue weighted by molar-refractivity contribution is -0.121. The van der Waals surface area contributed by atoms with Gasteiger partial charge >= 0.3 is 0 Å². The van der Waals surface area contributed by atoms with Gasteiger partial charge in [-0.15, -0.1) is 0 Å². The van der Waals surface area contributed by atoms with Crippen LogP contribution in [-0.2, 0) is 4.79 Å². The van der Waals surface area contributed by atoms with Gasteiger partial charge in [0.15, 0.2) is 0 Å². The van der Waals surface area contributed by atoms with Gasteiger partial charge in [0.25, 0.3) is 0 Å². The van der Waals surface area contributed by atoms with Crippen LogP contribution in [0.4, 0.5) is 0 Å². The van der Waals surface area contributed by atoms with Crippen molar-refractivity contribution in [3.05, 3.63) is 0 Å². The van der Waals surface area contributed by atoms with Crippen molar-refractivity contribution in [2.24, 2.45) is 5.92 Å². The maximum absolute atomic E-state index is 11.7. The lowest BCUT2D eigenvalue weighted by Gasteiger charge is -2.28. The highest BCUT2D eigenvalue weighted by Crippen LogP contribution is 2.27. The van der Waals surface area contributed by atoms with E-state index in [4.69, 9.17) is 0 Å². The standard InChI is InChI=1S/C13H24N2OS/c1-17-12-6-4-11(5-7-12)15-13(16)9-14-8-10-2-3-10/h10-12,14H,2-9H2,1H3,(H,15,16). The van der Waals surface area contributed by atoms with Crippen LogP contribution in [0.1, 0.15) is 38.5 Å². The van der Waals surface area contributed by atoms with Gasteiger partial charge in [-0.2, -0.15) is 11.8 Å². The summed E-state index contributed by atoms with van der Waals surface area (Å²) in [4.78, 5) is 11.7. The molecular formula is C13H24N2OS. The molecule has 0 aromatic heterocycles. The van der Waals surface area contributed by atoms with Crippen molar-refractivity contribution < 1.29 is 4.79 Å². The van der Waals surface area contributed by atoms with Crippen molar-refractivity contribution in [1.29, 1.82) is 0 Å². The highest BCUT2D eigenvalue weighted by atomic mass is 32.2. The second-order valence-electron chi connectivity index (χ2n) is 5.35. The minimum absolute atomic E-state index is 0.179. The predicted molar refractivity (Wildman–Crippen MR) is 73.3 cm³/mol. The molecule has 0 aromatic carbocycles. The number of hydrogen-bond acceptors (Lipinski definition) is 3. The maximum atomic E-state index is 11.7. The molecule has 2 aliphatic rings. The van der Waals surface area contributed by atoms with Crippen molar-refractivity contribution in [2.45, 2.75) is 49.8 Å². The molecule has 17 heavy (non-hydrogen) atoms. The Kier molecular flexibility index (Phi) is 5.16. The number of nitrogens with one attached hydrogen (secondary N) is 2. The molecule has 2 saturated carbocycles. The third-order valence-electron chi connectivity index (χ3n) is 3.79. The number of carbonyl (C=O) groups excluding carboxylic acids is 1. The van der Waals surface area contributed by atoms with E-state index >= 15 is 0 Å². The molecule has 2 N–H and O–H groups in total. The highest BCUT2D eigenvalue weighted by molar-refractivity contribution is 7.99. The molecule has 2 rings (SSSR count). The predicted octanol–water partition coefficient (Wildman–Crippen LogP) is 1.78. The first kappa shape index (κ1) is 13.2. The number of thioether (sulfide) groups is 1. The summed E-state index contributed by atoms with van der Waals surface area (Å²) < 4.78 is 0. The Balaban J connectivity index is 1.55. The van der Waals surface area contributed by atoms with E-state index in [9.17, 15) is 4.79 Å². The summed E-state index contributed by atoms with van der Waals surface area (Å²) in [5.74, 6) is 1.03. The lowest BCUT2D eigenvalue weighted by atomic mass is 9.95. The molecule has 2 aliphatic carbocycles. The molecule has 0 spiro atoms. The van der Waals surface area contributed by atoms with Gasteiger partial charge in [0.2, 0.25) is 5.91 Å². The highest BCUT2D eigenvalue weighted by Gasteiger charge is 2.23. The van der Waals surface area contributed by atoms with Crippen molar-refractivity contribution in [2.75, 3.05) is 19.3 Å². The quantitative estimate of drug-likeness (QED) is 0.761. The van der Waals surface area contributed by atoms with Crippen LogP contribution in [0.5, 0.6) is 0 Å². The molecule has 3 nitrogen and oxygen atoms in total. The summed E-state index contributed by atoms with van der Waals surface area (Å²) in [5.41, 5.74) is 0. The van der Waals surface area contributed by atoms with Crippen molar-refractivity contribution >= 4 is 17.7 Å². The Morgan fingerprint density at radius 1 is 1.18 bits per heavy atom. The number of carbonyl (C=O) groups is 1. The van der Waals surface area contributed by atoms with Gasteiger partial charge in [-0.1, -0.05) is 0 Å². The summed E-state index contributed by atoms with van der Waals surface area (Å²) >= 11 is 1.97. The molecule has 0 aliphatic heterocycles. The second kappa shape index (κ2) is 6.64. The lowest BCUT2D eigenvalue weighted by Crippen LogP contribution is -2.42. The summed E-state index contributed by atoms with van der Waals surface area (Å²) in [6.45, 7) is 1.52. The zero-order valence-electron chi connectivity index (χ0n) is 10.7. The van der Waals surface area contributed by atoms with Crippen molar-refractivity contribution in [3.8, 4) is 0 Å². The average molecular weight is 256 g/mol.